The number of aromatic nitrogens is 2. The molecule has 2 aromatic rings. The Morgan fingerprint density at radius 1 is 1.37 bits per heavy atom. The molecule has 1 aromatic heterocycles. The molecule has 1 amide bonds. The standard InChI is InChI=1S/C21H29FN4O/c1-14(17-5-4-10-23-12-17)11-21(27)25-15(2)20-13-24-26(16(20)3)19-8-6-18(22)7-9-19/h6-9,13-15,17,23H,4-5,10-12H2,1-3H3,(H,25,27). The van der Waals surface area contributed by atoms with Crippen LogP contribution in [0.15, 0.2) is 30.5 Å². The first kappa shape index (κ1) is 19.5. The number of carbonyl (C=O) groups is 1. The monoisotopic (exact) mass is 372 g/mol. The van der Waals surface area contributed by atoms with E-state index in [0.29, 0.717) is 18.3 Å². The number of benzene rings is 1. The summed E-state index contributed by atoms with van der Waals surface area (Å²) in [5.74, 6) is 0.747. The zero-order valence-corrected chi connectivity index (χ0v) is 16.3. The number of amides is 1. The van der Waals surface area contributed by atoms with Gasteiger partial charge in [-0.2, -0.15) is 5.10 Å². The molecule has 0 radical (unpaired) electrons. The minimum absolute atomic E-state index is 0.0782. The van der Waals surface area contributed by atoms with Crippen LogP contribution in [0.5, 0.6) is 0 Å². The minimum atomic E-state index is -0.272. The number of nitrogens with zero attached hydrogens (tertiary/aromatic N) is 2. The van der Waals surface area contributed by atoms with E-state index in [4.69, 9.17) is 0 Å². The van der Waals surface area contributed by atoms with E-state index in [2.05, 4.69) is 22.7 Å². The van der Waals surface area contributed by atoms with Crippen molar-refractivity contribution in [3.05, 3.63) is 47.5 Å². The second-order valence-electron chi connectivity index (χ2n) is 7.65. The van der Waals surface area contributed by atoms with Crippen molar-refractivity contribution in [2.45, 2.75) is 46.1 Å². The van der Waals surface area contributed by atoms with E-state index >= 15 is 0 Å². The highest BCUT2D eigenvalue weighted by Gasteiger charge is 2.23. The van der Waals surface area contributed by atoms with Crippen molar-refractivity contribution >= 4 is 5.91 Å². The molecular weight excluding hydrogens is 343 g/mol. The van der Waals surface area contributed by atoms with E-state index in [1.807, 2.05) is 13.8 Å². The normalized spacial score (nSPS) is 19.5. The number of hydrogen-bond donors (Lipinski definition) is 2. The maximum Gasteiger partial charge on any atom is 0.220 e. The van der Waals surface area contributed by atoms with E-state index in [0.717, 1.165) is 30.0 Å². The quantitative estimate of drug-likeness (QED) is 0.816. The largest absolute Gasteiger partial charge is 0.349 e. The summed E-state index contributed by atoms with van der Waals surface area (Å²) in [6, 6.07) is 6.11. The van der Waals surface area contributed by atoms with Gasteiger partial charge in [-0.1, -0.05) is 6.92 Å². The molecular formula is C21H29FN4O. The Labute approximate surface area is 160 Å². The summed E-state index contributed by atoms with van der Waals surface area (Å²) in [4.78, 5) is 12.5. The number of rotatable bonds is 6. The zero-order chi connectivity index (χ0) is 19.4. The summed E-state index contributed by atoms with van der Waals surface area (Å²) in [6.07, 6.45) is 4.70. The fourth-order valence-corrected chi connectivity index (χ4v) is 3.89. The number of piperidine rings is 1. The lowest BCUT2D eigenvalue weighted by Gasteiger charge is -2.28. The van der Waals surface area contributed by atoms with E-state index in [-0.39, 0.29) is 17.8 Å². The van der Waals surface area contributed by atoms with Gasteiger partial charge in [0.15, 0.2) is 0 Å². The first-order valence-electron chi connectivity index (χ1n) is 9.76. The summed E-state index contributed by atoms with van der Waals surface area (Å²) in [5, 5.41) is 10.9. The topological polar surface area (TPSA) is 59.0 Å². The van der Waals surface area contributed by atoms with Crippen molar-refractivity contribution in [3.8, 4) is 5.69 Å². The summed E-state index contributed by atoms with van der Waals surface area (Å²) >= 11 is 0. The smallest absolute Gasteiger partial charge is 0.220 e. The molecule has 27 heavy (non-hydrogen) atoms. The molecule has 0 aliphatic carbocycles. The Morgan fingerprint density at radius 3 is 2.78 bits per heavy atom. The summed E-state index contributed by atoms with van der Waals surface area (Å²) in [5.41, 5.74) is 2.72. The summed E-state index contributed by atoms with van der Waals surface area (Å²) in [7, 11) is 0. The first-order valence-corrected chi connectivity index (χ1v) is 9.76. The van der Waals surface area contributed by atoms with Crippen molar-refractivity contribution in [1.29, 1.82) is 0 Å². The van der Waals surface area contributed by atoms with Crippen molar-refractivity contribution in [3.63, 3.8) is 0 Å². The summed E-state index contributed by atoms with van der Waals surface area (Å²) < 4.78 is 14.9. The molecule has 1 aliphatic heterocycles. The molecule has 0 bridgehead atoms. The lowest BCUT2D eigenvalue weighted by molar-refractivity contribution is -0.123. The molecule has 1 saturated heterocycles. The van der Waals surface area contributed by atoms with Crippen LogP contribution in [0.25, 0.3) is 5.69 Å². The number of nitrogens with one attached hydrogen (secondary N) is 2. The van der Waals surface area contributed by atoms with Gasteiger partial charge >= 0.3 is 0 Å². The predicted molar refractivity (Wildman–Crippen MR) is 104 cm³/mol. The second kappa shape index (κ2) is 8.65. The third kappa shape index (κ3) is 4.75. The Balaban J connectivity index is 1.61. The van der Waals surface area contributed by atoms with Crippen LogP contribution in [0.2, 0.25) is 0 Å². The van der Waals surface area contributed by atoms with E-state index in [1.165, 1.54) is 25.0 Å². The Hall–Kier alpha value is -2.21. The molecule has 1 aliphatic rings. The average Bonchev–Trinajstić information content (AvgIpc) is 3.04. The van der Waals surface area contributed by atoms with Crippen LogP contribution in [-0.2, 0) is 4.79 Å². The van der Waals surface area contributed by atoms with Gasteiger partial charge in [0, 0.05) is 17.7 Å². The molecule has 0 spiro atoms. The van der Waals surface area contributed by atoms with Crippen molar-refractivity contribution < 1.29 is 9.18 Å². The zero-order valence-electron chi connectivity index (χ0n) is 16.3. The molecule has 2 N–H and O–H groups in total. The molecule has 3 rings (SSSR count). The molecule has 2 heterocycles. The first-order chi connectivity index (χ1) is 13.0. The Morgan fingerprint density at radius 2 is 2.11 bits per heavy atom. The Bertz CT molecular complexity index is 765. The average molecular weight is 372 g/mol. The number of carbonyl (C=O) groups excluding carboxylic acids is 1. The van der Waals surface area contributed by atoms with E-state index in [1.54, 1.807) is 23.0 Å². The van der Waals surface area contributed by atoms with Gasteiger partial charge in [0.05, 0.1) is 17.9 Å². The molecule has 146 valence electrons. The SMILES string of the molecule is Cc1c(C(C)NC(=O)CC(C)C2CCCNC2)cnn1-c1ccc(F)cc1. The third-order valence-corrected chi connectivity index (χ3v) is 5.61. The van der Waals surface area contributed by atoms with Crippen LogP contribution in [0, 0.1) is 24.6 Å². The van der Waals surface area contributed by atoms with Crippen LogP contribution >= 0.6 is 0 Å². The van der Waals surface area contributed by atoms with Crippen LogP contribution in [0.3, 0.4) is 0 Å². The highest BCUT2D eigenvalue weighted by Crippen LogP contribution is 2.24. The van der Waals surface area contributed by atoms with Crippen LogP contribution in [0.4, 0.5) is 4.39 Å². The van der Waals surface area contributed by atoms with Gasteiger partial charge in [-0.25, -0.2) is 9.07 Å². The lowest BCUT2D eigenvalue weighted by atomic mass is 9.85. The van der Waals surface area contributed by atoms with E-state index in [9.17, 15) is 9.18 Å². The van der Waals surface area contributed by atoms with Gasteiger partial charge in [-0.3, -0.25) is 4.79 Å². The lowest BCUT2D eigenvalue weighted by Crippen LogP contribution is -2.36. The van der Waals surface area contributed by atoms with Crippen LogP contribution in [-0.4, -0.2) is 28.8 Å². The summed E-state index contributed by atoms with van der Waals surface area (Å²) in [6.45, 7) is 8.20. The van der Waals surface area contributed by atoms with Crippen molar-refractivity contribution in [2.24, 2.45) is 11.8 Å². The number of hydrogen-bond acceptors (Lipinski definition) is 3. The molecule has 0 saturated carbocycles. The highest BCUT2D eigenvalue weighted by atomic mass is 19.1. The third-order valence-electron chi connectivity index (χ3n) is 5.61. The molecule has 1 fully saturated rings. The Kier molecular flexibility index (Phi) is 6.26. The fourth-order valence-electron chi connectivity index (χ4n) is 3.89. The molecule has 3 atom stereocenters. The predicted octanol–water partition coefficient (Wildman–Crippen LogP) is 3.52. The molecule has 1 aromatic carbocycles. The maximum atomic E-state index is 13.1. The van der Waals surface area contributed by atoms with E-state index < -0.39 is 0 Å². The second-order valence-corrected chi connectivity index (χ2v) is 7.65. The van der Waals surface area contributed by atoms with Gasteiger partial charge in [-0.05, 0) is 75.9 Å². The van der Waals surface area contributed by atoms with Gasteiger partial charge in [-0.15, -0.1) is 0 Å². The highest BCUT2D eigenvalue weighted by molar-refractivity contribution is 5.76. The maximum absolute atomic E-state index is 13.1. The fraction of sp³-hybridized carbons (Fsp3) is 0.524. The van der Waals surface area contributed by atoms with Crippen molar-refractivity contribution in [2.75, 3.05) is 13.1 Å². The van der Waals surface area contributed by atoms with Crippen LogP contribution in [0.1, 0.15) is 50.4 Å². The number of halogens is 1. The molecule has 5 nitrogen and oxygen atoms in total. The van der Waals surface area contributed by atoms with Gasteiger partial charge in [0.25, 0.3) is 0 Å². The molecule has 6 heteroatoms. The minimum Gasteiger partial charge on any atom is -0.349 e. The van der Waals surface area contributed by atoms with Crippen molar-refractivity contribution in [1.82, 2.24) is 20.4 Å². The molecule has 3 unspecified atom stereocenters. The van der Waals surface area contributed by atoms with Gasteiger partial charge in [0.2, 0.25) is 5.91 Å². The van der Waals surface area contributed by atoms with Crippen LogP contribution < -0.4 is 10.6 Å². The van der Waals surface area contributed by atoms with Gasteiger partial charge in [0.1, 0.15) is 5.82 Å². The van der Waals surface area contributed by atoms with Gasteiger partial charge < -0.3 is 10.6 Å².